The van der Waals surface area contributed by atoms with Gasteiger partial charge in [-0.25, -0.2) is 19.9 Å². The van der Waals surface area contributed by atoms with Crippen LogP contribution in [0.5, 0.6) is 0 Å². The fourth-order valence-electron chi connectivity index (χ4n) is 10.3. The summed E-state index contributed by atoms with van der Waals surface area (Å²) < 4.78 is 16.5. The van der Waals surface area contributed by atoms with E-state index in [0.29, 0.717) is 34.6 Å². The molecule has 16 rings (SSSR count). The monoisotopic (exact) mass is 1160 g/mol. The standard InChI is InChI=1S/C33H18ClN3OS.C21H12ClN3O.C12H8BClO2S/c34-25-13-6-11-21-24-18-20(16-17-28(24)39-30(21)25)32-35-31(19-8-2-1-3-9-19)36-33(37-32)23-12-7-15-27-29(23)22-10-4-5-14-26(22)38-27;22-21-24-19(13-7-2-1-3-8-13)23-20(25-21)15-10-6-12-17-18(15)14-9-4-5-11-16(14)26-17;14-10-3-1-2-8-9-6-7(13(15)16)4-5-11(9)17-12(8)10/h1-18H;1-12H;1-6,15-16H. The predicted octanol–water partition coefficient (Wildman–Crippen LogP) is 17.9. The number of fused-ring (bicyclic) bond motifs is 12. The summed E-state index contributed by atoms with van der Waals surface area (Å²) in [4.78, 5) is 28.3. The molecule has 0 fully saturated rings. The van der Waals surface area contributed by atoms with E-state index in [1.807, 2.05) is 170 Å². The van der Waals surface area contributed by atoms with E-state index in [-0.39, 0.29) is 5.28 Å². The van der Waals surface area contributed by atoms with Crippen LogP contribution in [-0.4, -0.2) is 47.1 Å². The molecule has 0 radical (unpaired) electrons. The third-order valence-electron chi connectivity index (χ3n) is 14.1. The maximum atomic E-state index is 9.18. The summed E-state index contributed by atoms with van der Waals surface area (Å²) in [7, 11) is -1.44. The Kier molecular flexibility index (Phi) is 13.5. The molecule has 10 nitrogen and oxygen atoms in total. The second kappa shape index (κ2) is 21.5. The summed E-state index contributed by atoms with van der Waals surface area (Å²) in [6.45, 7) is 0. The molecule has 0 unspecified atom stereocenters. The number of hydrogen-bond acceptors (Lipinski definition) is 12. The minimum atomic E-state index is -1.44. The van der Waals surface area contributed by atoms with Gasteiger partial charge in [0.05, 0.1) is 19.4 Å². The van der Waals surface area contributed by atoms with E-state index < -0.39 is 7.12 Å². The lowest BCUT2D eigenvalue weighted by atomic mass is 9.80. The number of hydrogen-bond donors (Lipinski definition) is 2. The van der Waals surface area contributed by atoms with Gasteiger partial charge in [-0.3, -0.25) is 0 Å². The molecule has 82 heavy (non-hydrogen) atoms. The average molecular weight is 1160 g/mol. The molecule has 0 spiro atoms. The predicted molar refractivity (Wildman–Crippen MR) is 338 cm³/mol. The normalized spacial score (nSPS) is 11.5. The largest absolute Gasteiger partial charge is 0.488 e. The van der Waals surface area contributed by atoms with Gasteiger partial charge in [0.2, 0.25) is 5.28 Å². The number of furan rings is 2. The van der Waals surface area contributed by atoms with Crippen LogP contribution in [0.25, 0.3) is 141 Å². The van der Waals surface area contributed by atoms with Crippen molar-refractivity contribution in [1.82, 2.24) is 29.9 Å². The molecule has 0 saturated carbocycles. The minimum Gasteiger partial charge on any atom is -0.456 e. The zero-order valence-electron chi connectivity index (χ0n) is 42.7. The SMILES string of the molecule is Clc1cccc2c1sc1ccc(-c3nc(-c4ccccc4)nc(-c4cccc5oc6ccccc6c45)n3)cc12.Clc1nc(-c2ccccc2)nc(-c2cccc3oc4ccccc4c23)n1.OB(O)c1ccc2sc3c(Cl)cccc3c2c1. The van der Waals surface area contributed by atoms with Gasteiger partial charge < -0.3 is 18.9 Å². The van der Waals surface area contributed by atoms with Crippen molar-refractivity contribution >= 4 is 154 Å². The van der Waals surface area contributed by atoms with Gasteiger partial charge >= 0.3 is 7.12 Å². The van der Waals surface area contributed by atoms with Crippen molar-refractivity contribution in [2.45, 2.75) is 0 Å². The van der Waals surface area contributed by atoms with E-state index in [4.69, 9.17) is 58.6 Å². The number of aromatic nitrogens is 6. The van der Waals surface area contributed by atoms with Gasteiger partial charge in [-0.15, -0.1) is 22.7 Å². The number of para-hydroxylation sites is 2. The quantitative estimate of drug-likeness (QED) is 0.154. The van der Waals surface area contributed by atoms with Crippen LogP contribution in [0.3, 0.4) is 0 Å². The molecular weight excluding hydrogens is 1120 g/mol. The Balaban J connectivity index is 0.000000120. The molecule has 6 aromatic heterocycles. The second-order valence-electron chi connectivity index (χ2n) is 19.1. The summed E-state index contributed by atoms with van der Waals surface area (Å²) in [6, 6.07) is 71.2. The zero-order chi connectivity index (χ0) is 55.4. The Morgan fingerprint density at radius 3 is 1.30 bits per heavy atom. The molecule has 0 atom stereocenters. The third-order valence-corrected chi connectivity index (χ3v) is 17.5. The first-order chi connectivity index (χ1) is 40.2. The molecule has 0 aliphatic heterocycles. The highest BCUT2D eigenvalue weighted by atomic mass is 35.5. The van der Waals surface area contributed by atoms with Crippen molar-refractivity contribution in [3.8, 4) is 56.9 Å². The van der Waals surface area contributed by atoms with Gasteiger partial charge in [0, 0.05) is 80.3 Å². The van der Waals surface area contributed by atoms with E-state index in [2.05, 4.69) is 51.4 Å². The Labute approximate surface area is 490 Å². The average Bonchev–Trinajstić information content (AvgIpc) is 4.03. The number of halogens is 3. The van der Waals surface area contributed by atoms with Gasteiger partial charge in [0.15, 0.2) is 29.1 Å². The number of thiophene rings is 2. The lowest BCUT2D eigenvalue weighted by molar-refractivity contribution is 0.426. The summed E-state index contributed by atoms with van der Waals surface area (Å²) in [6.07, 6.45) is 0. The molecule has 0 aliphatic rings. The van der Waals surface area contributed by atoms with Crippen molar-refractivity contribution < 1.29 is 18.9 Å². The maximum absolute atomic E-state index is 9.18. The molecule has 10 aromatic carbocycles. The fourth-order valence-corrected chi connectivity index (χ4v) is 13.2. The first-order valence-electron chi connectivity index (χ1n) is 25.9. The molecule has 16 heteroatoms. The molecule has 0 aliphatic carbocycles. The molecule has 0 amide bonds. The smallest absolute Gasteiger partial charge is 0.456 e. The van der Waals surface area contributed by atoms with Crippen molar-refractivity contribution in [2.24, 2.45) is 0 Å². The van der Waals surface area contributed by atoms with Crippen molar-refractivity contribution in [1.29, 1.82) is 0 Å². The molecule has 2 N–H and O–H groups in total. The van der Waals surface area contributed by atoms with E-state index >= 15 is 0 Å². The first-order valence-corrected chi connectivity index (χ1v) is 28.6. The molecule has 0 bridgehead atoms. The fraction of sp³-hybridized carbons (Fsp3) is 0. The molecule has 392 valence electrons. The van der Waals surface area contributed by atoms with Crippen LogP contribution in [-0.2, 0) is 0 Å². The van der Waals surface area contributed by atoms with Crippen LogP contribution in [0.15, 0.2) is 227 Å². The van der Waals surface area contributed by atoms with E-state index in [0.717, 1.165) is 117 Å². The highest BCUT2D eigenvalue weighted by molar-refractivity contribution is 7.26. The van der Waals surface area contributed by atoms with Gasteiger partial charge in [-0.1, -0.05) is 181 Å². The van der Waals surface area contributed by atoms with Crippen LogP contribution in [0.4, 0.5) is 0 Å². The topological polar surface area (TPSA) is 144 Å². The first kappa shape index (κ1) is 51.3. The van der Waals surface area contributed by atoms with Crippen LogP contribution in [0.2, 0.25) is 15.3 Å². The zero-order valence-corrected chi connectivity index (χ0v) is 46.6. The molecular formula is C66H38BCl3N6O4S2. The van der Waals surface area contributed by atoms with Gasteiger partial charge in [-0.05, 0) is 77.7 Å². The summed E-state index contributed by atoms with van der Waals surface area (Å²) in [5, 5.41) is 28.4. The van der Waals surface area contributed by atoms with Crippen LogP contribution in [0, 0.1) is 0 Å². The van der Waals surface area contributed by atoms with Crippen molar-refractivity contribution in [3.63, 3.8) is 0 Å². The third kappa shape index (κ3) is 9.57. The minimum absolute atomic E-state index is 0.165. The van der Waals surface area contributed by atoms with Crippen LogP contribution >= 0.6 is 57.5 Å². The molecule has 6 heterocycles. The van der Waals surface area contributed by atoms with E-state index in [9.17, 15) is 10.0 Å². The Hall–Kier alpha value is -8.89. The number of benzene rings is 10. The van der Waals surface area contributed by atoms with Gasteiger partial charge in [0.1, 0.15) is 22.3 Å². The maximum Gasteiger partial charge on any atom is 0.488 e. The summed E-state index contributed by atoms with van der Waals surface area (Å²) >= 11 is 22.2. The lowest BCUT2D eigenvalue weighted by Gasteiger charge is -2.09. The Morgan fingerprint density at radius 1 is 0.341 bits per heavy atom. The van der Waals surface area contributed by atoms with Crippen molar-refractivity contribution in [2.75, 3.05) is 0 Å². The van der Waals surface area contributed by atoms with Gasteiger partial charge in [-0.2, -0.15) is 9.97 Å². The summed E-state index contributed by atoms with van der Waals surface area (Å²) in [5.41, 5.74) is 8.29. The summed E-state index contributed by atoms with van der Waals surface area (Å²) in [5.74, 6) is 2.92. The van der Waals surface area contributed by atoms with Crippen molar-refractivity contribution in [3.05, 3.63) is 234 Å². The number of nitrogens with zero attached hydrogens (tertiary/aromatic N) is 6. The van der Waals surface area contributed by atoms with Crippen LogP contribution < -0.4 is 5.46 Å². The van der Waals surface area contributed by atoms with Crippen LogP contribution in [0.1, 0.15) is 0 Å². The Morgan fingerprint density at radius 2 is 0.756 bits per heavy atom. The second-order valence-corrected chi connectivity index (χ2v) is 22.4. The molecule has 16 aromatic rings. The Bertz CT molecular complexity index is 5110. The highest BCUT2D eigenvalue weighted by Gasteiger charge is 2.21. The van der Waals surface area contributed by atoms with E-state index in [1.165, 1.54) is 4.70 Å². The number of rotatable bonds is 6. The highest BCUT2D eigenvalue weighted by Crippen LogP contribution is 2.42. The lowest BCUT2D eigenvalue weighted by Crippen LogP contribution is -2.29. The van der Waals surface area contributed by atoms with Gasteiger partial charge in [0.25, 0.3) is 0 Å². The van der Waals surface area contributed by atoms with E-state index in [1.54, 1.807) is 34.8 Å². The molecule has 0 saturated heterocycles.